The van der Waals surface area contributed by atoms with Crippen LogP contribution in [0, 0.1) is 5.82 Å². The van der Waals surface area contributed by atoms with Gasteiger partial charge < -0.3 is 5.32 Å². The van der Waals surface area contributed by atoms with Gasteiger partial charge in [-0.05, 0) is 18.1 Å². The molecule has 1 unspecified atom stereocenters. The van der Waals surface area contributed by atoms with E-state index in [0.29, 0.717) is 0 Å². The fourth-order valence-electron chi connectivity index (χ4n) is 2.78. The van der Waals surface area contributed by atoms with Crippen LogP contribution in [0.2, 0.25) is 0 Å². The van der Waals surface area contributed by atoms with E-state index in [1.807, 2.05) is 13.1 Å². The standard InChI is InChI=1S/C15H14FN5S/c1-21-15-10(7-19-21)14(17-8-18-15)20-12-5-6-22-13-9(12)3-2-4-11(13)16/h2-4,7-8,12H,5-6H2,1H3,(H,17,18,20). The Morgan fingerprint density at radius 2 is 2.27 bits per heavy atom. The molecule has 1 aliphatic rings. The fourth-order valence-corrected chi connectivity index (χ4v) is 3.92. The van der Waals surface area contributed by atoms with Crippen LogP contribution < -0.4 is 5.32 Å². The summed E-state index contributed by atoms with van der Waals surface area (Å²) in [4.78, 5) is 9.31. The van der Waals surface area contributed by atoms with Crippen LogP contribution >= 0.6 is 11.8 Å². The smallest absolute Gasteiger partial charge is 0.163 e. The maximum Gasteiger partial charge on any atom is 0.163 e. The summed E-state index contributed by atoms with van der Waals surface area (Å²) in [6.07, 6.45) is 4.20. The summed E-state index contributed by atoms with van der Waals surface area (Å²) in [5.74, 6) is 1.47. The molecule has 112 valence electrons. The van der Waals surface area contributed by atoms with E-state index >= 15 is 0 Å². The number of thioether (sulfide) groups is 1. The lowest BCUT2D eigenvalue weighted by Gasteiger charge is -2.26. The van der Waals surface area contributed by atoms with Gasteiger partial charge in [0.15, 0.2) is 5.65 Å². The van der Waals surface area contributed by atoms with Crippen LogP contribution in [0.1, 0.15) is 18.0 Å². The van der Waals surface area contributed by atoms with E-state index < -0.39 is 0 Å². The summed E-state index contributed by atoms with van der Waals surface area (Å²) in [6.45, 7) is 0. The summed E-state index contributed by atoms with van der Waals surface area (Å²) in [5, 5.41) is 8.53. The molecule has 1 aromatic carbocycles. The lowest BCUT2D eigenvalue weighted by Crippen LogP contribution is -2.17. The highest BCUT2D eigenvalue weighted by molar-refractivity contribution is 7.99. The first-order chi connectivity index (χ1) is 10.7. The highest BCUT2D eigenvalue weighted by Gasteiger charge is 2.24. The number of aryl methyl sites for hydroxylation is 1. The first kappa shape index (κ1) is 13.5. The normalized spacial score (nSPS) is 17.5. The average Bonchev–Trinajstić information content (AvgIpc) is 2.91. The molecule has 0 amide bonds. The monoisotopic (exact) mass is 315 g/mol. The van der Waals surface area contributed by atoms with Crippen LogP contribution in [0.4, 0.5) is 10.2 Å². The highest BCUT2D eigenvalue weighted by Crippen LogP contribution is 2.39. The SMILES string of the molecule is Cn1ncc2c(NC3CCSc4c(F)cccc43)ncnc21. The van der Waals surface area contributed by atoms with Crippen LogP contribution in [0.25, 0.3) is 11.0 Å². The predicted octanol–water partition coefficient (Wildman–Crippen LogP) is 3.15. The van der Waals surface area contributed by atoms with Crippen molar-refractivity contribution in [2.24, 2.45) is 7.05 Å². The molecule has 1 atom stereocenters. The molecule has 1 aliphatic heterocycles. The Morgan fingerprint density at radius 3 is 3.18 bits per heavy atom. The molecule has 3 aromatic rings. The van der Waals surface area contributed by atoms with Gasteiger partial charge in [-0.25, -0.2) is 14.4 Å². The number of nitrogens with zero attached hydrogens (tertiary/aromatic N) is 4. The summed E-state index contributed by atoms with van der Waals surface area (Å²) < 4.78 is 15.7. The predicted molar refractivity (Wildman–Crippen MR) is 84.4 cm³/mol. The van der Waals surface area contributed by atoms with Gasteiger partial charge in [0.05, 0.1) is 17.6 Å². The molecule has 7 heteroatoms. The number of halogens is 1. The third-order valence-electron chi connectivity index (χ3n) is 3.87. The molecule has 0 fully saturated rings. The highest BCUT2D eigenvalue weighted by atomic mass is 32.2. The molecule has 0 aliphatic carbocycles. The second kappa shape index (κ2) is 5.24. The van der Waals surface area contributed by atoms with Crippen LogP contribution in [0.5, 0.6) is 0 Å². The number of rotatable bonds is 2. The van der Waals surface area contributed by atoms with E-state index in [9.17, 15) is 4.39 Å². The molecule has 2 aromatic heterocycles. The molecule has 22 heavy (non-hydrogen) atoms. The molecule has 3 heterocycles. The van der Waals surface area contributed by atoms with E-state index in [-0.39, 0.29) is 11.9 Å². The zero-order valence-corrected chi connectivity index (χ0v) is 12.8. The van der Waals surface area contributed by atoms with Gasteiger partial charge in [0, 0.05) is 17.7 Å². The number of anilines is 1. The number of hydrogen-bond donors (Lipinski definition) is 1. The van der Waals surface area contributed by atoms with Crippen LogP contribution in [0.3, 0.4) is 0 Å². The maximum atomic E-state index is 14.0. The first-order valence-electron chi connectivity index (χ1n) is 7.04. The third-order valence-corrected chi connectivity index (χ3v) is 5.03. The summed E-state index contributed by atoms with van der Waals surface area (Å²) in [5.41, 5.74) is 1.77. The summed E-state index contributed by atoms with van der Waals surface area (Å²) in [7, 11) is 1.85. The number of nitrogens with one attached hydrogen (secondary N) is 1. The number of aromatic nitrogens is 4. The Bertz CT molecular complexity index is 847. The van der Waals surface area contributed by atoms with Gasteiger partial charge in [-0.3, -0.25) is 4.68 Å². The molecule has 4 rings (SSSR count). The van der Waals surface area contributed by atoms with Gasteiger partial charge in [0.1, 0.15) is 18.0 Å². The largest absolute Gasteiger partial charge is 0.362 e. The minimum absolute atomic E-state index is 0.0465. The molecule has 0 spiro atoms. The zero-order chi connectivity index (χ0) is 15.1. The van der Waals surface area contributed by atoms with E-state index in [2.05, 4.69) is 20.4 Å². The van der Waals surface area contributed by atoms with Crippen molar-refractivity contribution in [3.05, 3.63) is 42.1 Å². The van der Waals surface area contributed by atoms with Gasteiger partial charge in [-0.1, -0.05) is 12.1 Å². The van der Waals surface area contributed by atoms with E-state index in [0.717, 1.165) is 39.5 Å². The van der Waals surface area contributed by atoms with Crippen molar-refractivity contribution >= 4 is 28.6 Å². The van der Waals surface area contributed by atoms with E-state index in [1.54, 1.807) is 28.7 Å². The minimum atomic E-state index is -0.150. The van der Waals surface area contributed by atoms with Crippen molar-refractivity contribution in [2.75, 3.05) is 11.1 Å². The van der Waals surface area contributed by atoms with Crippen molar-refractivity contribution in [3.63, 3.8) is 0 Å². The molecule has 5 nitrogen and oxygen atoms in total. The zero-order valence-electron chi connectivity index (χ0n) is 12.0. The average molecular weight is 315 g/mol. The molecule has 1 N–H and O–H groups in total. The molecule has 0 saturated carbocycles. The Labute approximate surface area is 131 Å². The van der Waals surface area contributed by atoms with Crippen molar-refractivity contribution in [3.8, 4) is 0 Å². The number of fused-ring (bicyclic) bond motifs is 2. The van der Waals surface area contributed by atoms with Crippen LogP contribution in [-0.4, -0.2) is 25.5 Å². The van der Waals surface area contributed by atoms with Crippen molar-refractivity contribution < 1.29 is 4.39 Å². The van der Waals surface area contributed by atoms with Gasteiger partial charge in [-0.15, -0.1) is 11.8 Å². The molecule has 0 radical (unpaired) electrons. The minimum Gasteiger partial charge on any atom is -0.362 e. The van der Waals surface area contributed by atoms with E-state index in [1.165, 1.54) is 12.4 Å². The Balaban J connectivity index is 1.74. The van der Waals surface area contributed by atoms with Crippen LogP contribution in [-0.2, 0) is 7.05 Å². The molecular formula is C15H14FN5S. The number of hydrogen-bond acceptors (Lipinski definition) is 5. The topological polar surface area (TPSA) is 55.6 Å². The Hall–Kier alpha value is -2.15. The first-order valence-corrected chi connectivity index (χ1v) is 8.03. The van der Waals surface area contributed by atoms with Gasteiger partial charge in [0.25, 0.3) is 0 Å². The van der Waals surface area contributed by atoms with Gasteiger partial charge in [0.2, 0.25) is 0 Å². The van der Waals surface area contributed by atoms with Gasteiger partial charge in [-0.2, -0.15) is 5.10 Å². The van der Waals surface area contributed by atoms with Crippen molar-refractivity contribution in [1.29, 1.82) is 0 Å². The second-order valence-corrected chi connectivity index (χ2v) is 6.33. The molecule has 0 saturated heterocycles. The lowest BCUT2D eigenvalue weighted by atomic mass is 10.0. The maximum absolute atomic E-state index is 14.0. The molecular weight excluding hydrogens is 301 g/mol. The lowest BCUT2D eigenvalue weighted by molar-refractivity contribution is 0.585. The quantitative estimate of drug-likeness (QED) is 0.787. The van der Waals surface area contributed by atoms with Gasteiger partial charge >= 0.3 is 0 Å². The third kappa shape index (κ3) is 2.12. The van der Waals surface area contributed by atoms with E-state index in [4.69, 9.17) is 0 Å². The Morgan fingerprint density at radius 1 is 1.36 bits per heavy atom. The Kier molecular flexibility index (Phi) is 3.22. The number of benzene rings is 1. The summed E-state index contributed by atoms with van der Waals surface area (Å²) >= 11 is 1.57. The van der Waals surface area contributed by atoms with Crippen LogP contribution in [0.15, 0.2) is 35.6 Å². The fraction of sp³-hybridized carbons (Fsp3) is 0.267. The van der Waals surface area contributed by atoms with Crippen molar-refractivity contribution in [2.45, 2.75) is 17.4 Å². The molecule has 0 bridgehead atoms. The summed E-state index contributed by atoms with van der Waals surface area (Å²) in [6, 6.07) is 5.29. The van der Waals surface area contributed by atoms with Crippen molar-refractivity contribution in [1.82, 2.24) is 19.7 Å². The second-order valence-electron chi connectivity index (χ2n) is 5.22.